The molecule has 1 amide bonds. The van der Waals surface area contributed by atoms with Crippen LogP contribution in [-0.4, -0.2) is 27.3 Å². The molecule has 0 fully saturated rings. The van der Waals surface area contributed by atoms with Crippen LogP contribution < -0.4 is 5.32 Å². The molecular weight excluding hydrogens is 406 g/mol. The van der Waals surface area contributed by atoms with E-state index < -0.39 is 6.10 Å². The van der Waals surface area contributed by atoms with Crippen molar-refractivity contribution in [1.82, 2.24) is 15.1 Å². The summed E-state index contributed by atoms with van der Waals surface area (Å²) in [6, 6.07) is 18.8. The number of hydrogen-bond donors (Lipinski definition) is 2. The second-order valence-corrected chi connectivity index (χ2v) is 8.30. The summed E-state index contributed by atoms with van der Waals surface area (Å²) in [5.74, 6) is -0.196. The zero-order valence-corrected chi connectivity index (χ0v) is 17.4. The topological polar surface area (TPSA) is 67.2 Å². The number of thiophene rings is 1. The van der Waals surface area contributed by atoms with Crippen molar-refractivity contribution >= 4 is 39.1 Å². The lowest BCUT2D eigenvalue weighted by Gasteiger charge is -2.11. The molecule has 0 aliphatic heterocycles. The van der Waals surface area contributed by atoms with Gasteiger partial charge in [0.05, 0.1) is 23.2 Å². The lowest BCUT2D eigenvalue weighted by atomic mass is 10.1. The van der Waals surface area contributed by atoms with Crippen molar-refractivity contribution < 1.29 is 9.90 Å². The fourth-order valence-corrected chi connectivity index (χ4v) is 4.37. The summed E-state index contributed by atoms with van der Waals surface area (Å²) in [4.78, 5) is 14.2. The zero-order valence-electron chi connectivity index (χ0n) is 15.8. The van der Waals surface area contributed by atoms with E-state index in [-0.39, 0.29) is 12.5 Å². The Balaban J connectivity index is 1.49. The summed E-state index contributed by atoms with van der Waals surface area (Å²) in [7, 11) is 0. The van der Waals surface area contributed by atoms with Crippen molar-refractivity contribution in [2.45, 2.75) is 19.6 Å². The van der Waals surface area contributed by atoms with Gasteiger partial charge in [0.2, 0.25) is 0 Å². The van der Waals surface area contributed by atoms with Gasteiger partial charge in [-0.3, -0.25) is 9.48 Å². The third-order valence-corrected chi connectivity index (χ3v) is 6.12. The van der Waals surface area contributed by atoms with Crippen molar-refractivity contribution in [3.05, 3.63) is 87.4 Å². The summed E-state index contributed by atoms with van der Waals surface area (Å²) < 4.78 is 1.91. The summed E-state index contributed by atoms with van der Waals surface area (Å²) in [6.07, 6.45) is -0.739. The van der Waals surface area contributed by atoms with Crippen LogP contribution in [0, 0.1) is 6.92 Å². The maximum absolute atomic E-state index is 12.6. The van der Waals surface area contributed by atoms with Crippen LogP contribution in [0.1, 0.15) is 32.6 Å². The number of hydrogen-bond acceptors (Lipinski definition) is 4. The van der Waals surface area contributed by atoms with Gasteiger partial charge in [-0.2, -0.15) is 5.10 Å². The Morgan fingerprint density at radius 1 is 1.21 bits per heavy atom. The van der Waals surface area contributed by atoms with Crippen LogP contribution in [0.15, 0.2) is 60.7 Å². The normalized spacial score (nSPS) is 12.2. The van der Waals surface area contributed by atoms with E-state index in [9.17, 15) is 9.90 Å². The number of rotatable bonds is 6. The molecule has 29 heavy (non-hydrogen) atoms. The molecule has 7 heteroatoms. The number of aliphatic hydroxyl groups is 1. The minimum atomic E-state index is -0.739. The number of nitrogens with one attached hydrogen (secondary N) is 1. The van der Waals surface area contributed by atoms with Crippen molar-refractivity contribution in [2.75, 3.05) is 6.54 Å². The monoisotopic (exact) mass is 425 g/mol. The fourth-order valence-electron chi connectivity index (χ4n) is 3.16. The number of halogens is 1. The molecule has 0 saturated carbocycles. The molecule has 148 valence electrons. The van der Waals surface area contributed by atoms with Crippen LogP contribution in [0.5, 0.6) is 0 Å². The number of amides is 1. The standard InChI is InChI=1S/C22H20ClN3O2S/c1-14-18-11-20(21(28)24-12-19(27)16-5-3-2-4-6-16)29-22(18)26(25-14)13-15-7-9-17(23)10-8-15/h2-11,19,27H,12-13H2,1H3,(H,24,28). The number of aromatic nitrogens is 2. The van der Waals surface area contributed by atoms with E-state index in [0.717, 1.165) is 27.0 Å². The number of aryl methyl sites for hydroxylation is 1. The third kappa shape index (κ3) is 4.34. The molecular formula is C22H20ClN3O2S. The van der Waals surface area contributed by atoms with Crippen LogP contribution in [0.25, 0.3) is 10.2 Å². The zero-order chi connectivity index (χ0) is 20.4. The van der Waals surface area contributed by atoms with Gasteiger partial charge in [-0.05, 0) is 36.2 Å². The molecule has 0 aliphatic carbocycles. The lowest BCUT2D eigenvalue weighted by Crippen LogP contribution is -2.27. The van der Waals surface area contributed by atoms with Crippen LogP contribution in [-0.2, 0) is 6.54 Å². The first kappa shape index (κ1) is 19.6. The van der Waals surface area contributed by atoms with Crippen LogP contribution in [0.2, 0.25) is 5.02 Å². The first-order chi connectivity index (χ1) is 14.0. The van der Waals surface area contributed by atoms with Crippen molar-refractivity contribution in [3.8, 4) is 0 Å². The number of fused-ring (bicyclic) bond motifs is 1. The maximum atomic E-state index is 12.6. The second-order valence-electron chi connectivity index (χ2n) is 6.84. The van der Waals surface area contributed by atoms with E-state index in [1.165, 1.54) is 11.3 Å². The Morgan fingerprint density at radius 2 is 1.93 bits per heavy atom. The van der Waals surface area contributed by atoms with Gasteiger partial charge in [0.15, 0.2) is 0 Å². The van der Waals surface area contributed by atoms with E-state index in [1.54, 1.807) is 0 Å². The third-order valence-electron chi connectivity index (χ3n) is 4.72. The molecule has 0 radical (unpaired) electrons. The molecule has 1 unspecified atom stereocenters. The SMILES string of the molecule is Cc1nn(Cc2ccc(Cl)cc2)c2sc(C(=O)NCC(O)c3ccccc3)cc12. The Labute approximate surface area is 177 Å². The van der Waals surface area contributed by atoms with E-state index in [1.807, 2.05) is 72.3 Å². The summed E-state index contributed by atoms with van der Waals surface area (Å²) in [5.41, 5.74) is 2.75. The smallest absolute Gasteiger partial charge is 0.261 e. The summed E-state index contributed by atoms with van der Waals surface area (Å²) in [5, 5.41) is 19.3. The van der Waals surface area contributed by atoms with Crippen LogP contribution in [0.4, 0.5) is 0 Å². The number of benzene rings is 2. The molecule has 4 rings (SSSR count). The number of carbonyl (C=O) groups excluding carboxylic acids is 1. The largest absolute Gasteiger partial charge is 0.387 e. The Bertz CT molecular complexity index is 1140. The Morgan fingerprint density at radius 3 is 2.66 bits per heavy atom. The second kappa shape index (κ2) is 8.37. The highest BCUT2D eigenvalue weighted by molar-refractivity contribution is 7.20. The van der Waals surface area contributed by atoms with Gasteiger partial charge in [0.25, 0.3) is 5.91 Å². The highest BCUT2D eigenvalue weighted by Crippen LogP contribution is 2.29. The first-order valence-corrected chi connectivity index (χ1v) is 10.4. The van der Waals surface area contributed by atoms with E-state index in [4.69, 9.17) is 11.6 Å². The molecule has 2 N–H and O–H groups in total. The van der Waals surface area contributed by atoms with E-state index >= 15 is 0 Å². The molecule has 5 nitrogen and oxygen atoms in total. The van der Waals surface area contributed by atoms with Gasteiger partial charge in [-0.1, -0.05) is 54.1 Å². The van der Waals surface area contributed by atoms with Gasteiger partial charge >= 0.3 is 0 Å². The van der Waals surface area contributed by atoms with Crippen molar-refractivity contribution in [2.24, 2.45) is 0 Å². The van der Waals surface area contributed by atoms with E-state index in [0.29, 0.717) is 16.4 Å². The molecule has 4 aromatic rings. The van der Waals surface area contributed by atoms with Gasteiger partial charge in [-0.25, -0.2) is 0 Å². The minimum absolute atomic E-state index is 0.160. The van der Waals surface area contributed by atoms with Crippen molar-refractivity contribution in [3.63, 3.8) is 0 Å². The first-order valence-electron chi connectivity index (χ1n) is 9.24. The fraction of sp³-hybridized carbons (Fsp3) is 0.182. The highest BCUT2D eigenvalue weighted by atomic mass is 35.5. The predicted molar refractivity (Wildman–Crippen MR) is 117 cm³/mol. The average molecular weight is 426 g/mol. The summed E-state index contributed by atoms with van der Waals surface area (Å²) in [6.45, 7) is 2.71. The number of aliphatic hydroxyl groups excluding tert-OH is 1. The van der Waals surface area contributed by atoms with Gasteiger partial charge in [0.1, 0.15) is 4.83 Å². The van der Waals surface area contributed by atoms with E-state index in [2.05, 4.69) is 10.4 Å². The van der Waals surface area contributed by atoms with Crippen LogP contribution >= 0.6 is 22.9 Å². The van der Waals surface area contributed by atoms with Gasteiger partial charge in [-0.15, -0.1) is 11.3 Å². The minimum Gasteiger partial charge on any atom is -0.387 e. The highest BCUT2D eigenvalue weighted by Gasteiger charge is 2.17. The molecule has 0 saturated heterocycles. The lowest BCUT2D eigenvalue weighted by molar-refractivity contribution is 0.0920. The average Bonchev–Trinajstić information content (AvgIpc) is 3.30. The summed E-state index contributed by atoms with van der Waals surface area (Å²) >= 11 is 7.36. The van der Waals surface area contributed by atoms with Gasteiger partial charge in [0, 0.05) is 17.0 Å². The maximum Gasteiger partial charge on any atom is 0.261 e. The molecule has 2 heterocycles. The van der Waals surface area contributed by atoms with Crippen LogP contribution in [0.3, 0.4) is 0 Å². The molecule has 0 bridgehead atoms. The molecule has 1 atom stereocenters. The number of carbonyl (C=O) groups is 1. The van der Waals surface area contributed by atoms with Crippen molar-refractivity contribution in [1.29, 1.82) is 0 Å². The number of nitrogens with zero attached hydrogens (tertiary/aromatic N) is 2. The molecule has 0 aliphatic rings. The Kier molecular flexibility index (Phi) is 5.67. The molecule has 2 aromatic carbocycles. The van der Waals surface area contributed by atoms with Gasteiger partial charge < -0.3 is 10.4 Å². The predicted octanol–water partition coefficient (Wildman–Crippen LogP) is 4.57. The quantitative estimate of drug-likeness (QED) is 0.475. The molecule has 2 aromatic heterocycles. The Hall–Kier alpha value is -2.67. The molecule has 0 spiro atoms.